The monoisotopic (exact) mass is 348 g/mol. The highest BCUT2D eigenvalue weighted by molar-refractivity contribution is 7.92. The Bertz CT molecular complexity index is 832. The smallest absolute Gasteiger partial charge is 0.257 e. The second-order valence-corrected chi connectivity index (χ2v) is 7.32. The maximum absolute atomic E-state index is 12.5. The molecule has 2 aromatic carbocycles. The van der Waals surface area contributed by atoms with E-state index in [1.165, 1.54) is 6.07 Å². The van der Waals surface area contributed by atoms with Crippen molar-refractivity contribution in [1.29, 1.82) is 0 Å². The molecule has 0 saturated heterocycles. The predicted octanol–water partition coefficient (Wildman–Crippen LogP) is 3.10. The minimum atomic E-state index is -3.48. The number of amides is 1. The first kappa shape index (κ1) is 17.8. The molecule has 2 rings (SSSR count). The van der Waals surface area contributed by atoms with Crippen LogP contribution in [0.4, 0.5) is 11.4 Å². The van der Waals surface area contributed by atoms with E-state index in [-0.39, 0.29) is 17.4 Å². The van der Waals surface area contributed by atoms with Crippen LogP contribution in [0.2, 0.25) is 0 Å². The third-order valence-electron chi connectivity index (χ3n) is 2.93. The van der Waals surface area contributed by atoms with Crippen LogP contribution in [0.25, 0.3) is 0 Å². The average Bonchev–Trinajstić information content (AvgIpc) is 2.45. The highest BCUT2D eigenvalue weighted by Crippen LogP contribution is 2.21. The summed E-state index contributed by atoms with van der Waals surface area (Å²) < 4.78 is 30.8. The largest absolute Gasteiger partial charge is 0.491 e. The molecule has 0 unspecified atom stereocenters. The molecule has 0 spiro atoms. The molecule has 128 valence electrons. The van der Waals surface area contributed by atoms with Crippen molar-refractivity contribution in [3.63, 3.8) is 0 Å². The van der Waals surface area contributed by atoms with Gasteiger partial charge in [-0.2, -0.15) is 0 Å². The van der Waals surface area contributed by atoms with Gasteiger partial charge in [0.2, 0.25) is 10.0 Å². The van der Waals surface area contributed by atoms with E-state index in [1.54, 1.807) is 42.5 Å². The number of carbonyl (C=O) groups excluding carboxylic acids is 1. The number of hydrogen-bond acceptors (Lipinski definition) is 4. The van der Waals surface area contributed by atoms with Crippen molar-refractivity contribution in [2.45, 2.75) is 20.0 Å². The van der Waals surface area contributed by atoms with E-state index < -0.39 is 15.9 Å². The molecule has 0 aliphatic heterocycles. The fourth-order valence-electron chi connectivity index (χ4n) is 2.09. The van der Waals surface area contributed by atoms with Crippen LogP contribution in [0.5, 0.6) is 5.75 Å². The predicted molar refractivity (Wildman–Crippen MR) is 95.1 cm³/mol. The van der Waals surface area contributed by atoms with Crippen molar-refractivity contribution < 1.29 is 17.9 Å². The lowest BCUT2D eigenvalue weighted by Crippen LogP contribution is -2.17. The van der Waals surface area contributed by atoms with Gasteiger partial charge in [0, 0.05) is 11.8 Å². The van der Waals surface area contributed by atoms with Gasteiger partial charge in [-0.1, -0.05) is 18.2 Å². The van der Waals surface area contributed by atoms with Gasteiger partial charge in [0.05, 0.1) is 23.6 Å². The average molecular weight is 348 g/mol. The lowest BCUT2D eigenvalue weighted by molar-refractivity contribution is 0.102. The Morgan fingerprint density at radius 2 is 1.79 bits per heavy atom. The molecular weight excluding hydrogens is 328 g/mol. The van der Waals surface area contributed by atoms with Crippen molar-refractivity contribution in [2.24, 2.45) is 0 Å². The van der Waals surface area contributed by atoms with Crippen molar-refractivity contribution in [2.75, 3.05) is 16.3 Å². The zero-order valence-electron chi connectivity index (χ0n) is 13.7. The molecule has 0 aliphatic rings. The van der Waals surface area contributed by atoms with Gasteiger partial charge in [0.1, 0.15) is 5.75 Å². The fourth-order valence-corrected chi connectivity index (χ4v) is 2.67. The van der Waals surface area contributed by atoms with Crippen LogP contribution in [-0.2, 0) is 10.0 Å². The fraction of sp³-hybridized carbons (Fsp3) is 0.235. The number of benzene rings is 2. The number of nitrogens with one attached hydrogen (secondary N) is 2. The Labute approximate surface area is 141 Å². The Balaban J connectivity index is 2.22. The molecule has 0 atom stereocenters. The van der Waals surface area contributed by atoms with Gasteiger partial charge in [-0.25, -0.2) is 8.42 Å². The van der Waals surface area contributed by atoms with Gasteiger partial charge in [0.25, 0.3) is 5.91 Å². The normalized spacial score (nSPS) is 11.2. The van der Waals surface area contributed by atoms with Crippen molar-refractivity contribution in [3.05, 3.63) is 54.1 Å². The number of anilines is 2. The SMILES string of the molecule is CC(C)Oc1cccc(NC(=O)c2ccccc2NS(C)(=O)=O)c1. The quantitative estimate of drug-likeness (QED) is 0.840. The second kappa shape index (κ2) is 7.35. The highest BCUT2D eigenvalue weighted by Gasteiger charge is 2.14. The van der Waals surface area contributed by atoms with Crippen LogP contribution in [0, 0.1) is 0 Å². The molecule has 0 bridgehead atoms. The van der Waals surface area contributed by atoms with Gasteiger partial charge in [-0.05, 0) is 38.1 Å². The summed E-state index contributed by atoms with van der Waals surface area (Å²) in [5.41, 5.74) is 1.03. The Kier molecular flexibility index (Phi) is 5.46. The van der Waals surface area contributed by atoms with Crippen LogP contribution in [0.15, 0.2) is 48.5 Å². The summed E-state index contributed by atoms with van der Waals surface area (Å²) in [7, 11) is -3.48. The van der Waals surface area contributed by atoms with E-state index >= 15 is 0 Å². The van der Waals surface area contributed by atoms with Crippen molar-refractivity contribution in [3.8, 4) is 5.75 Å². The minimum Gasteiger partial charge on any atom is -0.491 e. The van der Waals surface area contributed by atoms with E-state index in [4.69, 9.17) is 4.74 Å². The molecule has 6 nitrogen and oxygen atoms in total. The zero-order valence-corrected chi connectivity index (χ0v) is 14.6. The van der Waals surface area contributed by atoms with Gasteiger partial charge >= 0.3 is 0 Å². The highest BCUT2D eigenvalue weighted by atomic mass is 32.2. The molecule has 0 fully saturated rings. The van der Waals surface area contributed by atoms with Crippen LogP contribution >= 0.6 is 0 Å². The minimum absolute atomic E-state index is 0.0237. The number of hydrogen-bond donors (Lipinski definition) is 2. The molecule has 0 heterocycles. The molecule has 7 heteroatoms. The lowest BCUT2D eigenvalue weighted by Gasteiger charge is -2.13. The summed E-state index contributed by atoms with van der Waals surface area (Å²) in [6.45, 7) is 3.83. The number of rotatable bonds is 6. The molecule has 2 N–H and O–H groups in total. The standard InChI is InChI=1S/C17H20N2O4S/c1-12(2)23-14-8-6-7-13(11-14)18-17(20)15-9-4-5-10-16(15)19-24(3,21)22/h4-12,19H,1-3H3,(H,18,20). The second-order valence-electron chi connectivity index (χ2n) is 5.57. The number of ether oxygens (including phenoxy) is 1. The van der Waals surface area contributed by atoms with Crippen LogP contribution in [0.3, 0.4) is 0 Å². The summed E-state index contributed by atoms with van der Waals surface area (Å²) in [6.07, 6.45) is 1.06. The van der Waals surface area contributed by atoms with Gasteiger partial charge < -0.3 is 10.1 Å². The van der Waals surface area contributed by atoms with E-state index in [1.807, 2.05) is 13.8 Å². The summed E-state index contributed by atoms with van der Waals surface area (Å²) >= 11 is 0. The first-order valence-electron chi connectivity index (χ1n) is 7.39. The maximum Gasteiger partial charge on any atom is 0.257 e. The molecule has 2 aromatic rings. The van der Waals surface area contributed by atoms with E-state index in [2.05, 4.69) is 10.0 Å². The van der Waals surface area contributed by atoms with Gasteiger partial charge in [-0.3, -0.25) is 9.52 Å². The summed E-state index contributed by atoms with van der Waals surface area (Å²) in [6, 6.07) is 13.4. The first-order chi connectivity index (χ1) is 11.2. The number of sulfonamides is 1. The summed E-state index contributed by atoms with van der Waals surface area (Å²) in [5.74, 6) is 0.230. The third kappa shape index (κ3) is 5.27. The van der Waals surface area contributed by atoms with E-state index in [9.17, 15) is 13.2 Å². The molecule has 0 aliphatic carbocycles. The Hall–Kier alpha value is -2.54. The third-order valence-corrected chi connectivity index (χ3v) is 3.52. The Morgan fingerprint density at radius 1 is 1.08 bits per heavy atom. The summed E-state index contributed by atoms with van der Waals surface area (Å²) in [4.78, 5) is 12.5. The number of para-hydroxylation sites is 1. The van der Waals surface area contributed by atoms with E-state index in [0.29, 0.717) is 11.4 Å². The van der Waals surface area contributed by atoms with Gasteiger partial charge in [0.15, 0.2) is 0 Å². The van der Waals surface area contributed by atoms with Crippen LogP contribution in [0.1, 0.15) is 24.2 Å². The van der Waals surface area contributed by atoms with Crippen LogP contribution in [-0.4, -0.2) is 26.7 Å². The molecule has 1 amide bonds. The lowest BCUT2D eigenvalue weighted by atomic mass is 10.1. The zero-order chi connectivity index (χ0) is 17.7. The number of carbonyl (C=O) groups is 1. The Morgan fingerprint density at radius 3 is 2.46 bits per heavy atom. The summed E-state index contributed by atoms with van der Waals surface area (Å²) in [5, 5.41) is 2.74. The molecule has 0 saturated carbocycles. The van der Waals surface area contributed by atoms with Gasteiger partial charge in [-0.15, -0.1) is 0 Å². The topological polar surface area (TPSA) is 84.5 Å². The van der Waals surface area contributed by atoms with Crippen LogP contribution < -0.4 is 14.8 Å². The van der Waals surface area contributed by atoms with Crippen molar-refractivity contribution >= 4 is 27.3 Å². The first-order valence-corrected chi connectivity index (χ1v) is 9.28. The maximum atomic E-state index is 12.5. The van der Waals surface area contributed by atoms with E-state index in [0.717, 1.165) is 6.26 Å². The molecule has 24 heavy (non-hydrogen) atoms. The molecule has 0 radical (unpaired) electrons. The van der Waals surface area contributed by atoms with Crippen molar-refractivity contribution in [1.82, 2.24) is 0 Å². The molecular formula is C17H20N2O4S. The molecule has 0 aromatic heterocycles.